The second-order valence-electron chi connectivity index (χ2n) is 8.69. The summed E-state index contributed by atoms with van der Waals surface area (Å²) in [6.07, 6.45) is 4.19. The molecular formula is C31H22N4O6. The van der Waals surface area contributed by atoms with Gasteiger partial charge in [0.05, 0.1) is 29.2 Å². The summed E-state index contributed by atoms with van der Waals surface area (Å²) < 4.78 is 12.1. The first kappa shape index (κ1) is 26.7. The molecule has 0 aliphatic carbocycles. The summed E-state index contributed by atoms with van der Waals surface area (Å²) in [7, 11) is 1.44. The molecule has 0 radical (unpaired) electrons. The zero-order valence-electron chi connectivity index (χ0n) is 21.7. The van der Waals surface area contributed by atoms with Gasteiger partial charge < -0.3 is 9.47 Å². The van der Waals surface area contributed by atoms with Gasteiger partial charge in [-0.15, -0.1) is 0 Å². The lowest BCUT2D eigenvalue weighted by molar-refractivity contribution is -0.384. The quantitative estimate of drug-likeness (QED) is 0.0630. The van der Waals surface area contributed by atoms with Gasteiger partial charge in [0.2, 0.25) is 0 Å². The molecule has 202 valence electrons. The third-order valence-electron chi connectivity index (χ3n) is 6.02. The summed E-state index contributed by atoms with van der Waals surface area (Å²) in [5, 5.41) is 15.7. The number of benzene rings is 4. The minimum Gasteiger partial charge on any atom is -0.493 e. The molecule has 0 N–H and O–H groups in total. The second-order valence-corrected chi connectivity index (χ2v) is 8.69. The standard InChI is InChI=1S/C31H22N4O6/c1-40-28-19-22(13-17-27(28)41-29(36)18-14-21-11-15-24(16-12-21)35(38)39)20-32-34-30(23-7-3-2-4-8-23)33-26-10-6-5-9-25(26)31(34)37/h2-20H,1H3/b18-14+,32-20?. The molecule has 1 aromatic heterocycles. The van der Waals surface area contributed by atoms with Gasteiger partial charge in [0.25, 0.3) is 11.2 Å². The van der Waals surface area contributed by atoms with Gasteiger partial charge in [-0.1, -0.05) is 42.5 Å². The summed E-state index contributed by atoms with van der Waals surface area (Å²) in [5.74, 6) is 0.183. The number of para-hydroxylation sites is 1. The Hall–Kier alpha value is -5.90. The molecule has 0 amide bonds. The number of nitro benzene ring substituents is 1. The molecule has 0 unspecified atom stereocenters. The summed E-state index contributed by atoms with van der Waals surface area (Å²) in [6, 6.07) is 27.0. The number of hydrogen-bond acceptors (Lipinski definition) is 8. The van der Waals surface area contributed by atoms with E-state index in [2.05, 4.69) is 10.1 Å². The van der Waals surface area contributed by atoms with Gasteiger partial charge in [0.15, 0.2) is 17.3 Å². The average molecular weight is 547 g/mol. The molecule has 0 saturated carbocycles. The molecule has 4 aromatic carbocycles. The van der Waals surface area contributed by atoms with Crippen LogP contribution in [-0.4, -0.2) is 33.9 Å². The lowest BCUT2D eigenvalue weighted by Gasteiger charge is -2.10. The normalized spacial score (nSPS) is 11.2. The number of carbonyl (C=O) groups excluding carboxylic acids is 1. The smallest absolute Gasteiger partial charge is 0.336 e. The molecule has 0 atom stereocenters. The van der Waals surface area contributed by atoms with Crippen LogP contribution in [0.4, 0.5) is 5.69 Å². The average Bonchev–Trinajstić information content (AvgIpc) is 3.00. The van der Waals surface area contributed by atoms with Crippen molar-refractivity contribution in [3.8, 4) is 22.9 Å². The Bertz CT molecular complexity index is 1860. The van der Waals surface area contributed by atoms with Gasteiger partial charge in [-0.25, -0.2) is 9.78 Å². The van der Waals surface area contributed by atoms with Crippen molar-refractivity contribution in [2.45, 2.75) is 0 Å². The van der Waals surface area contributed by atoms with E-state index in [4.69, 9.17) is 9.47 Å². The van der Waals surface area contributed by atoms with Gasteiger partial charge in [0.1, 0.15) is 0 Å². The minimum absolute atomic E-state index is 0.0452. The Kier molecular flexibility index (Phi) is 7.73. The van der Waals surface area contributed by atoms with Crippen molar-refractivity contribution in [1.82, 2.24) is 9.66 Å². The van der Waals surface area contributed by atoms with Crippen molar-refractivity contribution in [3.05, 3.63) is 135 Å². The minimum atomic E-state index is -0.663. The molecule has 41 heavy (non-hydrogen) atoms. The number of carbonyl (C=O) groups is 1. The lowest BCUT2D eigenvalue weighted by atomic mass is 10.2. The highest BCUT2D eigenvalue weighted by molar-refractivity contribution is 5.89. The number of aromatic nitrogens is 2. The number of nitrogens with zero attached hydrogens (tertiary/aromatic N) is 4. The van der Waals surface area contributed by atoms with Crippen LogP contribution < -0.4 is 15.0 Å². The first-order chi connectivity index (χ1) is 19.9. The number of fused-ring (bicyclic) bond motifs is 1. The Morgan fingerprint density at radius 2 is 1.63 bits per heavy atom. The fourth-order valence-electron chi connectivity index (χ4n) is 3.99. The number of non-ortho nitro benzene ring substituents is 1. The van der Waals surface area contributed by atoms with Crippen LogP contribution in [0.2, 0.25) is 0 Å². The van der Waals surface area contributed by atoms with Crippen LogP contribution >= 0.6 is 0 Å². The summed E-state index contributed by atoms with van der Waals surface area (Å²) in [4.78, 5) is 40.7. The third-order valence-corrected chi connectivity index (χ3v) is 6.02. The summed E-state index contributed by atoms with van der Waals surface area (Å²) in [6.45, 7) is 0. The molecule has 1 heterocycles. The van der Waals surface area contributed by atoms with E-state index in [0.717, 1.165) is 5.56 Å². The maximum absolute atomic E-state index is 13.3. The van der Waals surface area contributed by atoms with Crippen LogP contribution in [0.25, 0.3) is 28.4 Å². The molecule has 0 fully saturated rings. The highest BCUT2D eigenvalue weighted by Crippen LogP contribution is 2.28. The lowest BCUT2D eigenvalue weighted by Crippen LogP contribution is -2.20. The predicted molar refractivity (Wildman–Crippen MR) is 155 cm³/mol. The van der Waals surface area contributed by atoms with Crippen LogP contribution in [0, 0.1) is 10.1 Å². The number of hydrogen-bond donors (Lipinski definition) is 0. The van der Waals surface area contributed by atoms with E-state index < -0.39 is 10.9 Å². The number of rotatable bonds is 8. The predicted octanol–water partition coefficient (Wildman–Crippen LogP) is 5.48. The molecule has 10 heteroatoms. The first-order valence-corrected chi connectivity index (χ1v) is 12.4. The zero-order valence-corrected chi connectivity index (χ0v) is 21.7. The van der Waals surface area contributed by atoms with E-state index in [0.29, 0.717) is 27.9 Å². The van der Waals surface area contributed by atoms with Gasteiger partial charge in [-0.3, -0.25) is 14.9 Å². The van der Waals surface area contributed by atoms with Gasteiger partial charge in [0, 0.05) is 23.8 Å². The monoisotopic (exact) mass is 546 g/mol. The Morgan fingerprint density at radius 1 is 0.927 bits per heavy atom. The molecule has 0 saturated heterocycles. The number of esters is 1. The molecule has 5 aromatic rings. The van der Waals surface area contributed by atoms with Crippen LogP contribution in [0.5, 0.6) is 11.5 Å². The first-order valence-electron chi connectivity index (χ1n) is 12.4. The molecule has 0 spiro atoms. The molecule has 0 bridgehead atoms. The van der Waals surface area contributed by atoms with E-state index in [9.17, 15) is 19.7 Å². The Balaban J connectivity index is 1.39. The van der Waals surface area contributed by atoms with Crippen molar-refractivity contribution >= 4 is 34.9 Å². The summed E-state index contributed by atoms with van der Waals surface area (Å²) >= 11 is 0. The topological polar surface area (TPSA) is 126 Å². The van der Waals surface area contributed by atoms with Crippen LogP contribution in [0.3, 0.4) is 0 Å². The number of nitro groups is 1. The van der Waals surface area contributed by atoms with E-state index in [1.165, 1.54) is 54.4 Å². The van der Waals surface area contributed by atoms with E-state index in [1.54, 1.807) is 36.4 Å². The highest BCUT2D eigenvalue weighted by atomic mass is 16.6. The molecular weight excluding hydrogens is 524 g/mol. The van der Waals surface area contributed by atoms with Gasteiger partial charge in [-0.05, 0) is 59.7 Å². The maximum atomic E-state index is 13.3. The van der Waals surface area contributed by atoms with Crippen molar-refractivity contribution in [2.75, 3.05) is 7.11 Å². The largest absolute Gasteiger partial charge is 0.493 e. The van der Waals surface area contributed by atoms with Crippen LogP contribution in [0.1, 0.15) is 11.1 Å². The van der Waals surface area contributed by atoms with Crippen molar-refractivity contribution in [1.29, 1.82) is 0 Å². The second kappa shape index (κ2) is 11.9. The van der Waals surface area contributed by atoms with Crippen molar-refractivity contribution in [2.24, 2.45) is 5.10 Å². The fourth-order valence-corrected chi connectivity index (χ4v) is 3.99. The van der Waals surface area contributed by atoms with E-state index in [1.807, 2.05) is 36.4 Å². The maximum Gasteiger partial charge on any atom is 0.336 e. The number of ether oxygens (including phenoxy) is 2. The van der Waals surface area contributed by atoms with Crippen LogP contribution in [-0.2, 0) is 4.79 Å². The highest BCUT2D eigenvalue weighted by Gasteiger charge is 2.13. The molecule has 10 nitrogen and oxygen atoms in total. The zero-order chi connectivity index (χ0) is 28.8. The van der Waals surface area contributed by atoms with Gasteiger partial charge >= 0.3 is 5.97 Å². The third kappa shape index (κ3) is 6.07. The van der Waals surface area contributed by atoms with Gasteiger partial charge in [-0.2, -0.15) is 9.78 Å². The molecule has 5 rings (SSSR count). The van der Waals surface area contributed by atoms with E-state index in [-0.39, 0.29) is 22.7 Å². The molecule has 0 aliphatic heterocycles. The van der Waals surface area contributed by atoms with Crippen molar-refractivity contribution in [3.63, 3.8) is 0 Å². The Morgan fingerprint density at radius 3 is 2.37 bits per heavy atom. The van der Waals surface area contributed by atoms with E-state index >= 15 is 0 Å². The fraction of sp³-hybridized carbons (Fsp3) is 0.0323. The summed E-state index contributed by atoms with van der Waals surface area (Å²) in [5.41, 5.74) is 2.12. The van der Waals surface area contributed by atoms with Crippen molar-refractivity contribution < 1.29 is 19.2 Å². The molecule has 0 aliphatic rings. The Labute approximate surface area is 233 Å². The van der Waals surface area contributed by atoms with Crippen LogP contribution in [0.15, 0.2) is 113 Å². The number of methoxy groups -OCH3 is 1. The SMILES string of the molecule is COc1cc(C=Nn2c(-c3ccccc3)nc3ccccc3c2=O)ccc1OC(=O)/C=C/c1ccc([N+](=O)[O-])cc1.